The quantitative estimate of drug-likeness (QED) is 0.386. The minimum absolute atomic E-state index is 0.356. The van der Waals surface area contributed by atoms with Crippen molar-refractivity contribution in [3.05, 3.63) is 50.3 Å². The molecule has 1 aromatic heterocycles. The molecule has 0 atom stereocenters. The molecule has 108 valence electrons. The van der Waals surface area contributed by atoms with Crippen LogP contribution in [0.3, 0.4) is 0 Å². The number of methoxy groups -OCH3 is 1. The Bertz CT molecular complexity index is 819. The van der Waals surface area contributed by atoms with Crippen LogP contribution in [0.5, 0.6) is 5.75 Å². The first-order valence-electron chi connectivity index (χ1n) is 6.21. The zero-order chi connectivity index (χ0) is 15.0. The van der Waals surface area contributed by atoms with E-state index in [1.165, 1.54) is 0 Å². The van der Waals surface area contributed by atoms with Crippen LogP contribution in [0.25, 0.3) is 16.7 Å². The van der Waals surface area contributed by atoms with E-state index in [-0.39, 0.29) is 0 Å². The second-order valence-electron chi connectivity index (χ2n) is 4.45. The molecule has 0 amide bonds. The second kappa shape index (κ2) is 6.14. The maximum Gasteiger partial charge on any atom is 0.133 e. The Balaban J connectivity index is 2.25. The smallest absolute Gasteiger partial charge is 0.133 e. The molecule has 0 N–H and O–H groups in total. The first-order valence-corrected chi connectivity index (χ1v) is 8.61. The van der Waals surface area contributed by atoms with Gasteiger partial charge in [-0.05, 0) is 74.9 Å². The summed E-state index contributed by atoms with van der Waals surface area (Å²) in [7, 11) is 1.65. The maximum absolute atomic E-state index is 6.07. The van der Waals surface area contributed by atoms with E-state index >= 15 is 0 Å². The molecule has 0 aliphatic heterocycles. The number of benzene rings is 2. The van der Waals surface area contributed by atoms with Gasteiger partial charge in [0, 0.05) is 9.26 Å². The van der Waals surface area contributed by atoms with Gasteiger partial charge in [0.25, 0.3) is 0 Å². The number of fused-ring (bicyclic) bond motifs is 1. The maximum atomic E-state index is 6.07. The predicted molar refractivity (Wildman–Crippen MR) is 97.6 cm³/mol. The molecule has 0 spiro atoms. The van der Waals surface area contributed by atoms with Gasteiger partial charge in [-0.2, -0.15) is 0 Å². The van der Waals surface area contributed by atoms with Gasteiger partial charge in [0.05, 0.1) is 28.5 Å². The fourth-order valence-electron chi connectivity index (χ4n) is 2.28. The van der Waals surface area contributed by atoms with Crippen LogP contribution in [-0.4, -0.2) is 16.7 Å². The van der Waals surface area contributed by atoms with Gasteiger partial charge in [-0.15, -0.1) is 11.6 Å². The summed E-state index contributed by atoms with van der Waals surface area (Å²) in [5.41, 5.74) is 3.00. The molecule has 0 aliphatic rings. The molecular formula is C15H11BrClIN2O. The van der Waals surface area contributed by atoms with Gasteiger partial charge >= 0.3 is 0 Å². The zero-order valence-electron chi connectivity index (χ0n) is 11.1. The van der Waals surface area contributed by atoms with Crippen LogP contribution in [-0.2, 0) is 5.88 Å². The minimum atomic E-state index is 0.356. The van der Waals surface area contributed by atoms with Gasteiger partial charge in [0.2, 0.25) is 0 Å². The highest BCUT2D eigenvalue weighted by Gasteiger charge is 2.13. The predicted octanol–water partition coefficient (Wildman–Crippen LogP) is 5.14. The number of ether oxygens (including phenoxy) is 1. The fourth-order valence-corrected chi connectivity index (χ4v) is 3.46. The van der Waals surface area contributed by atoms with Crippen molar-refractivity contribution in [2.24, 2.45) is 0 Å². The van der Waals surface area contributed by atoms with E-state index in [1.807, 2.05) is 18.2 Å². The number of rotatable bonds is 3. The summed E-state index contributed by atoms with van der Waals surface area (Å²) in [4.78, 5) is 4.62. The third-order valence-corrected chi connectivity index (χ3v) is 4.73. The lowest BCUT2D eigenvalue weighted by molar-refractivity contribution is 0.412. The number of hydrogen-bond acceptors (Lipinski definition) is 2. The Morgan fingerprint density at radius 2 is 2.10 bits per heavy atom. The van der Waals surface area contributed by atoms with Crippen molar-refractivity contribution in [2.45, 2.75) is 5.88 Å². The molecule has 0 unspecified atom stereocenters. The van der Waals surface area contributed by atoms with Crippen LogP contribution in [0, 0.1) is 3.57 Å². The van der Waals surface area contributed by atoms with Crippen molar-refractivity contribution in [2.75, 3.05) is 7.11 Å². The fraction of sp³-hybridized carbons (Fsp3) is 0.133. The minimum Gasteiger partial charge on any atom is -0.496 e. The molecule has 21 heavy (non-hydrogen) atoms. The number of hydrogen-bond donors (Lipinski definition) is 0. The Hall–Kier alpha value is -0.790. The normalized spacial score (nSPS) is 11.0. The van der Waals surface area contributed by atoms with Crippen molar-refractivity contribution in [1.29, 1.82) is 0 Å². The summed E-state index contributed by atoms with van der Waals surface area (Å²) in [5, 5.41) is 0. The van der Waals surface area contributed by atoms with Crippen molar-refractivity contribution in [1.82, 2.24) is 9.55 Å². The lowest BCUT2D eigenvalue weighted by atomic mass is 10.2. The van der Waals surface area contributed by atoms with Crippen molar-refractivity contribution >= 4 is 61.2 Å². The van der Waals surface area contributed by atoms with E-state index in [0.29, 0.717) is 5.88 Å². The Morgan fingerprint density at radius 3 is 2.76 bits per heavy atom. The van der Waals surface area contributed by atoms with Crippen LogP contribution >= 0.6 is 50.1 Å². The number of nitrogens with zero attached hydrogens (tertiary/aromatic N) is 2. The van der Waals surface area contributed by atoms with Gasteiger partial charge in [0.1, 0.15) is 11.6 Å². The van der Waals surface area contributed by atoms with Gasteiger partial charge in [-0.1, -0.05) is 0 Å². The number of aromatic nitrogens is 2. The largest absolute Gasteiger partial charge is 0.496 e. The molecule has 3 aromatic rings. The Labute approximate surface area is 149 Å². The number of halogens is 3. The molecular weight excluding hydrogens is 466 g/mol. The SMILES string of the molecule is COc1ccc(-n2c(CCl)nc3cc(I)ccc32)cc1Br. The average molecular weight is 478 g/mol. The summed E-state index contributed by atoms with van der Waals surface area (Å²) in [6, 6.07) is 12.1. The van der Waals surface area contributed by atoms with E-state index in [0.717, 1.165) is 36.3 Å². The molecule has 2 aromatic carbocycles. The van der Waals surface area contributed by atoms with Gasteiger partial charge < -0.3 is 4.74 Å². The number of alkyl halides is 1. The standard InChI is InChI=1S/C15H11BrClIN2O/c1-21-14-5-3-10(7-11(14)16)20-13-4-2-9(18)6-12(13)19-15(20)8-17/h2-7H,8H2,1H3. The summed E-state index contributed by atoms with van der Waals surface area (Å²) >= 11 is 11.9. The molecule has 3 rings (SSSR count). The van der Waals surface area contributed by atoms with Crippen LogP contribution in [0.2, 0.25) is 0 Å². The van der Waals surface area contributed by atoms with Crippen molar-refractivity contribution < 1.29 is 4.74 Å². The van der Waals surface area contributed by atoms with E-state index in [9.17, 15) is 0 Å². The first kappa shape index (κ1) is 15.1. The monoisotopic (exact) mass is 476 g/mol. The van der Waals surface area contributed by atoms with E-state index < -0.39 is 0 Å². The molecule has 0 fully saturated rings. The highest BCUT2D eigenvalue weighted by molar-refractivity contribution is 14.1. The van der Waals surface area contributed by atoms with E-state index in [2.05, 4.69) is 66.3 Å². The molecule has 0 saturated carbocycles. The Morgan fingerprint density at radius 1 is 1.29 bits per heavy atom. The molecule has 0 radical (unpaired) electrons. The van der Waals surface area contributed by atoms with Crippen LogP contribution in [0.1, 0.15) is 5.82 Å². The molecule has 0 aliphatic carbocycles. The lowest BCUT2D eigenvalue weighted by Gasteiger charge is -2.10. The van der Waals surface area contributed by atoms with Gasteiger partial charge in [0.15, 0.2) is 0 Å². The highest BCUT2D eigenvalue weighted by atomic mass is 127. The molecule has 3 nitrogen and oxygen atoms in total. The molecule has 0 saturated heterocycles. The van der Waals surface area contributed by atoms with Gasteiger partial charge in [-0.25, -0.2) is 4.98 Å². The van der Waals surface area contributed by atoms with Crippen molar-refractivity contribution in [3.8, 4) is 11.4 Å². The molecule has 0 bridgehead atoms. The second-order valence-corrected chi connectivity index (χ2v) is 6.82. The lowest BCUT2D eigenvalue weighted by Crippen LogP contribution is -1.99. The zero-order valence-corrected chi connectivity index (χ0v) is 15.6. The van der Waals surface area contributed by atoms with Crippen molar-refractivity contribution in [3.63, 3.8) is 0 Å². The van der Waals surface area contributed by atoms with Crippen LogP contribution in [0.4, 0.5) is 0 Å². The average Bonchev–Trinajstić information content (AvgIpc) is 2.84. The summed E-state index contributed by atoms with van der Waals surface area (Å²) in [5.74, 6) is 1.98. The number of imidazole rings is 1. The van der Waals surface area contributed by atoms with E-state index in [1.54, 1.807) is 7.11 Å². The van der Waals surface area contributed by atoms with E-state index in [4.69, 9.17) is 16.3 Å². The summed E-state index contributed by atoms with van der Waals surface area (Å²) < 4.78 is 9.40. The van der Waals surface area contributed by atoms with Crippen LogP contribution < -0.4 is 4.74 Å². The van der Waals surface area contributed by atoms with Gasteiger partial charge in [-0.3, -0.25) is 4.57 Å². The summed E-state index contributed by atoms with van der Waals surface area (Å²) in [6.45, 7) is 0. The highest BCUT2D eigenvalue weighted by Crippen LogP contribution is 2.30. The van der Waals surface area contributed by atoms with Crippen LogP contribution in [0.15, 0.2) is 40.9 Å². The Kier molecular flexibility index (Phi) is 4.42. The summed E-state index contributed by atoms with van der Waals surface area (Å²) in [6.07, 6.45) is 0. The third kappa shape index (κ3) is 2.78. The topological polar surface area (TPSA) is 27.1 Å². The molecule has 6 heteroatoms. The third-order valence-electron chi connectivity index (χ3n) is 3.20. The molecule has 1 heterocycles. The first-order chi connectivity index (χ1) is 10.1.